The van der Waals surface area contributed by atoms with Crippen molar-refractivity contribution in [2.24, 2.45) is 5.92 Å². The molecule has 7 nitrogen and oxygen atoms in total. The molecule has 7 heteroatoms. The van der Waals surface area contributed by atoms with Crippen molar-refractivity contribution in [3.05, 3.63) is 53.9 Å². The minimum atomic E-state index is -1.02. The Balaban J connectivity index is 2.13. The molecule has 0 bridgehead atoms. The maximum atomic E-state index is 12.8. The van der Waals surface area contributed by atoms with E-state index >= 15 is 0 Å². The molecule has 0 aliphatic heterocycles. The molecule has 1 heterocycles. The van der Waals surface area contributed by atoms with E-state index in [0.29, 0.717) is 23.6 Å². The zero-order valence-electron chi connectivity index (χ0n) is 16.3. The number of carbonyl (C=O) groups excluding carboxylic acids is 3. The van der Waals surface area contributed by atoms with Gasteiger partial charge in [0.15, 0.2) is 5.92 Å². The zero-order chi connectivity index (χ0) is 20.5. The van der Waals surface area contributed by atoms with Crippen molar-refractivity contribution in [3.8, 4) is 5.75 Å². The number of methoxy groups -OCH3 is 1. The molecular formula is C21H25NO6. The summed E-state index contributed by atoms with van der Waals surface area (Å²) in [5, 5.41) is 0. The molecule has 0 aliphatic carbocycles. The second kappa shape index (κ2) is 10.3. The Hall–Kier alpha value is -3.09. The molecule has 0 aliphatic rings. The van der Waals surface area contributed by atoms with Crippen molar-refractivity contribution >= 4 is 17.7 Å². The largest absolute Gasteiger partial charge is 0.497 e. The molecule has 0 radical (unpaired) electrons. The van der Waals surface area contributed by atoms with Crippen LogP contribution < -0.4 is 4.74 Å². The fourth-order valence-electron chi connectivity index (χ4n) is 2.79. The Kier molecular flexibility index (Phi) is 7.80. The van der Waals surface area contributed by atoms with Gasteiger partial charge in [-0.15, -0.1) is 0 Å². The SMILES string of the molecule is CCOC(=O)C(CCn1cccc1C(=O)c1ccc(OC)cc1)C(=O)OCC. The number of hydrogen-bond acceptors (Lipinski definition) is 6. The number of carbonyl (C=O) groups is 3. The lowest BCUT2D eigenvalue weighted by Gasteiger charge is -2.15. The smallest absolute Gasteiger partial charge is 0.320 e. The molecule has 0 fully saturated rings. The van der Waals surface area contributed by atoms with Crippen molar-refractivity contribution in [1.82, 2.24) is 4.57 Å². The van der Waals surface area contributed by atoms with Crippen molar-refractivity contribution in [2.75, 3.05) is 20.3 Å². The van der Waals surface area contributed by atoms with Gasteiger partial charge >= 0.3 is 11.9 Å². The van der Waals surface area contributed by atoms with Gasteiger partial charge in [-0.1, -0.05) is 0 Å². The van der Waals surface area contributed by atoms with Gasteiger partial charge in [0.05, 0.1) is 26.0 Å². The average molecular weight is 387 g/mol. The van der Waals surface area contributed by atoms with Gasteiger partial charge in [-0.05, 0) is 56.7 Å². The summed E-state index contributed by atoms with van der Waals surface area (Å²) in [4.78, 5) is 37.0. The predicted molar refractivity (Wildman–Crippen MR) is 102 cm³/mol. The van der Waals surface area contributed by atoms with Crippen LogP contribution in [0.4, 0.5) is 0 Å². The van der Waals surface area contributed by atoms with Crippen molar-refractivity contribution in [3.63, 3.8) is 0 Å². The number of ether oxygens (including phenoxy) is 3. The lowest BCUT2D eigenvalue weighted by Crippen LogP contribution is -2.29. The van der Waals surface area contributed by atoms with Crippen molar-refractivity contribution in [1.29, 1.82) is 0 Å². The number of nitrogens with zero attached hydrogens (tertiary/aromatic N) is 1. The van der Waals surface area contributed by atoms with Crippen molar-refractivity contribution < 1.29 is 28.6 Å². The highest BCUT2D eigenvalue weighted by molar-refractivity contribution is 6.08. The van der Waals surface area contributed by atoms with Gasteiger partial charge in [0, 0.05) is 18.3 Å². The number of rotatable bonds is 10. The highest BCUT2D eigenvalue weighted by Gasteiger charge is 2.29. The third kappa shape index (κ3) is 5.22. The van der Waals surface area contributed by atoms with Crippen LogP contribution in [0.5, 0.6) is 5.75 Å². The predicted octanol–water partition coefficient (Wildman–Crippen LogP) is 2.86. The topological polar surface area (TPSA) is 83.8 Å². The van der Waals surface area contributed by atoms with E-state index in [9.17, 15) is 14.4 Å². The molecule has 0 N–H and O–H groups in total. The normalized spacial score (nSPS) is 10.6. The average Bonchev–Trinajstić information content (AvgIpc) is 3.16. The van der Waals surface area contributed by atoms with E-state index in [0.717, 1.165) is 0 Å². The minimum Gasteiger partial charge on any atom is -0.497 e. The summed E-state index contributed by atoms with van der Waals surface area (Å²) in [5.74, 6) is -1.74. The first-order valence-corrected chi connectivity index (χ1v) is 9.18. The summed E-state index contributed by atoms with van der Waals surface area (Å²) in [5.41, 5.74) is 0.990. The van der Waals surface area contributed by atoms with E-state index < -0.39 is 17.9 Å². The number of benzene rings is 1. The monoisotopic (exact) mass is 387 g/mol. The van der Waals surface area contributed by atoms with E-state index in [1.165, 1.54) is 0 Å². The first kappa shape index (κ1) is 21.2. The van der Waals surface area contributed by atoms with Gasteiger partial charge in [0.2, 0.25) is 5.78 Å². The molecular weight excluding hydrogens is 362 g/mol. The van der Waals surface area contributed by atoms with E-state index in [2.05, 4.69) is 0 Å². The van der Waals surface area contributed by atoms with Gasteiger partial charge in [-0.3, -0.25) is 14.4 Å². The Morgan fingerprint density at radius 2 is 1.57 bits per heavy atom. The standard InChI is InChI=1S/C21H25NO6/c1-4-27-20(24)17(21(25)28-5-2)12-14-22-13-6-7-18(22)19(23)15-8-10-16(26-3)11-9-15/h6-11,13,17H,4-5,12,14H2,1-3H3. The van der Waals surface area contributed by atoms with Gasteiger partial charge < -0.3 is 18.8 Å². The highest BCUT2D eigenvalue weighted by Crippen LogP contribution is 2.17. The molecule has 2 rings (SSSR count). The molecule has 28 heavy (non-hydrogen) atoms. The molecule has 2 aromatic rings. The molecule has 1 aromatic heterocycles. The van der Waals surface area contributed by atoms with Crippen LogP contribution in [0.2, 0.25) is 0 Å². The first-order valence-electron chi connectivity index (χ1n) is 9.18. The summed E-state index contributed by atoms with van der Waals surface area (Å²) < 4.78 is 16.8. The van der Waals surface area contributed by atoms with Gasteiger partial charge in [0.1, 0.15) is 5.75 Å². The highest BCUT2D eigenvalue weighted by atomic mass is 16.6. The van der Waals surface area contributed by atoms with Crippen LogP contribution in [-0.4, -0.2) is 42.6 Å². The van der Waals surface area contributed by atoms with E-state index in [1.54, 1.807) is 68.1 Å². The van der Waals surface area contributed by atoms with E-state index in [1.807, 2.05) is 0 Å². The summed E-state index contributed by atoms with van der Waals surface area (Å²) in [6.07, 6.45) is 1.92. The fraction of sp³-hybridized carbons (Fsp3) is 0.381. The number of ketones is 1. The molecule has 0 amide bonds. The third-order valence-corrected chi connectivity index (χ3v) is 4.22. The number of esters is 2. The Morgan fingerprint density at radius 1 is 0.964 bits per heavy atom. The summed E-state index contributed by atoms with van der Waals surface area (Å²) in [6, 6.07) is 10.3. The van der Waals surface area contributed by atoms with Crippen LogP contribution in [-0.2, 0) is 25.6 Å². The molecule has 0 atom stereocenters. The van der Waals surface area contributed by atoms with Crippen LogP contribution in [0.3, 0.4) is 0 Å². The van der Waals surface area contributed by atoms with Crippen LogP contribution in [0.25, 0.3) is 0 Å². The number of aromatic nitrogens is 1. The van der Waals surface area contributed by atoms with Gasteiger partial charge in [-0.25, -0.2) is 0 Å². The first-order chi connectivity index (χ1) is 13.5. The second-order valence-corrected chi connectivity index (χ2v) is 5.99. The van der Waals surface area contributed by atoms with E-state index in [-0.39, 0.29) is 25.4 Å². The lowest BCUT2D eigenvalue weighted by atomic mass is 10.1. The van der Waals surface area contributed by atoms with Crippen molar-refractivity contribution in [2.45, 2.75) is 26.8 Å². The molecule has 0 saturated carbocycles. The minimum absolute atomic E-state index is 0.156. The lowest BCUT2D eigenvalue weighted by molar-refractivity contribution is -0.162. The molecule has 0 spiro atoms. The van der Waals surface area contributed by atoms with Crippen LogP contribution >= 0.6 is 0 Å². The van der Waals surface area contributed by atoms with Gasteiger partial charge in [0.25, 0.3) is 0 Å². The van der Waals surface area contributed by atoms with Crippen LogP contribution in [0, 0.1) is 5.92 Å². The number of hydrogen-bond donors (Lipinski definition) is 0. The van der Waals surface area contributed by atoms with Gasteiger partial charge in [-0.2, -0.15) is 0 Å². The zero-order valence-corrected chi connectivity index (χ0v) is 16.3. The molecule has 1 aromatic carbocycles. The van der Waals surface area contributed by atoms with Crippen LogP contribution in [0.1, 0.15) is 36.3 Å². The number of aryl methyl sites for hydroxylation is 1. The molecule has 150 valence electrons. The molecule has 0 saturated heterocycles. The van der Waals surface area contributed by atoms with Crippen LogP contribution in [0.15, 0.2) is 42.6 Å². The maximum absolute atomic E-state index is 12.8. The fourth-order valence-corrected chi connectivity index (χ4v) is 2.79. The Morgan fingerprint density at radius 3 is 2.11 bits per heavy atom. The Labute approximate surface area is 164 Å². The molecule has 0 unspecified atom stereocenters. The third-order valence-electron chi connectivity index (χ3n) is 4.22. The maximum Gasteiger partial charge on any atom is 0.320 e. The second-order valence-electron chi connectivity index (χ2n) is 5.99. The quantitative estimate of drug-likeness (QED) is 0.354. The Bertz CT molecular complexity index is 791. The summed E-state index contributed by atoms with van der Waals surface area (Å²) in [7, 11) is 1.56. The van der Waals surface area contributed by atoms with E-state index in [4.69, 9.17) is 14.2 Å². The summed E-state index contributed by atoms with van der Waals surface area (Å²) in [6.45, 7) is 4.01. The summed E-state index contributed by atoms with van der Waals surface area (Å²) >= 11 is 0.